The van der Waals surface area contributed by atoms with Gasteiger partial charge in [-0.05, 0) is 6.07 Å². The Labute approximate surface area is 68.6 Å². The normalized spacial score (nSPS) is 12.8. The van der Waals surface area contributed by atoms with Crippen LogP contribution in [0.2, 0.25) is 0 Å². The zero-order valence-electron chi connectivity index (χ0n) is 6.57. The summed E-state index contributed by atoms with van der Waals surface area (Å²) in [4.78, 5) is 10.1. The van der Waals surface area contributed by atoms with E-state index in [9.17, 15) is 9.18 Å². The third-order valence-corrected chi connectivity index (χ3v) is 1.58. The van der Waals surface area contributed by atoms with Crippen LogP contribution in [-0.4, -0.2) is 27.0 Å². The molecule has 12 heavy (non-hydrogen) atoms. The number of rotatable bonds is 3. The van der Waals surface area contributed by atoms with Crippen molar-refractivity contribution in [2.24, 2.45) is 7.05 Å². The molecule has 1 unspecified atom stereocenters. The fourth-order valence-electron chi connectivity index (χ4n) is 0.872. The van der Waals surface area contributed by atoms with Gasteiger partial charge in [0.05, 0.1) is 0 Å². The van der Waals surface area contributed by atoms with Crippen LogP contribution in [0.25, 0.3) is 0 Å². The summed E-state index contributed by atoms with van der Waals surface area (Å²) in [6, 6.07) is 1.59. The van der Waals surface area contributed by atoms with Gasteiger partial charge in [0, 0.05) is 25.4 Å². The second kappa shape index (κ2) is 3.34. The summed E-state index contributed by atoms with van der Waals surface area (Å²) < 4.78 is 14.1. The Morgan fingerprint density at radius 3 is 3.00 bits per heavy atom. The van der Waals surface area contributed by atoms with Gasteiger partial charge in [-0.2, -0.15) is 5.10 Å². The van der Waals surface area contributed by atoms with Gasteiger partial charge in [-0.1, -0.05) is 0 Å². The predicted octanol–water partition coefficient (Wildman–Crippen LogP) is 0.385. The minimum Gasteiger partial charge on any atom is -0.479 e. The highest BCUT2D eigenvalue weighted by Gasteiger charge is 2.17. The number of carbonyl (C=O) groups is 1. The van der Waals surface area contributed by atoms with E-state index in [2.05, 4.69) is 5.10 Å². The molecular formula is C7H9FN2O2. The Balaban J connectivity index is 2.64. The summed E-state index contributed by atoms with van der Waals surface area (Å²) in [5, 5.41) is 12.1. The number of aliphatic carboxylic acids is 1. The molecule has 4 nitrogen and oxygen atoms in total. The van der Waals surface area contributed by atoms with Crippen molar-refractivity contribution in [3.05, 3.63) is 18.0 Å². The fourth-order valence-corrected chi connectivity index (χ4v) is 0.872. The highest BCUT2D eigenvalue weighted by atomic mass is 19.1. The van der Waals surface area contributed by atoms with Gasteiger partial charge < -0.3 is 5.11 Å². The second-order valence-electron chi connectivity index (χ2n) is 2.46. The van der Waals surface area contributed by atoms with Crippen molar-refractivity contribution in [3.8, 4) is 0 Å². The zero-order valence-corrected chi connectivity index (χ0v) is 6.57. The minimum atomic E-state index is -1.85. The molecule has 0 aliphatic rings. The molecule has 1 atom stereocenters. The van der Waals surface area contributed by atoms with Crippen molar-refractivity contribution < 1.29 is 14.3 Å². The lowest BCUT2D eigenvalue weighted by Gasteiger charge is -2.02. The van der Waals surface area contributed by atoms with Crippen LogP contribution in [0.5, 0.6) is 0 Å². The summed E-state index contributed by atoms with van der Waals surface area (Å²) in [5.74, 6) is -1.43. The molecule has 0 aromatic carbocycles. The average molecular weight is 172 g/mol. The van der Waals surface area contributed by atoms with E-state index < -0.39 is 12.1 Å². The van der Waals surface area contributed by atoms with Crippen LogP contribution in [0.3, 0.4) is 0 Å². The number of aryl methyl sites for hydroxylation is 1. The fraction of sp³-hybridized carbons (Fsp3) is 0.429. The standard InChI is InChI=1S/C7H9FN2O2/c1-10-5(2-3-9-10)4-6(8)7(11)12/h2-3,6H,4H2,1H3,(H,11,12). The highest BCUT2D eigenvalue weighted by molar-refractivity contribution is 5.72. The molecule has 5 heteroatoms. The molecule has 0 saturated carbocycles. The third-order valence-electron chi connectivity index (χ3n) is 1.58. The maximum Gasteiger partial charge on any atom is 0.338 e. The molecule has 1 rings (SSSR count). The van der Waals surface area contributed by atoms with Gasteiger partial charge in [-0.3, -0.25) is 4.68 Å². The first-order chi connectivity index (χ1) is 5.61. The summed E-state index contributed by atoms with van der Waals surface area (Å²) >= 11 is 0. The van der Waals surface area contributed by atoms with Crippen LogP contribution < -0.4 is 0 Å². The molecule has 0 spiro atoms. The minimum absolute atomic E-state index is 0.133. The van der Waals surface area contributed by atoms with E-state index in [1.54, 1.807) is 13.1 Å². The van der Waals surface area contributed by atoms with Gasteiger partial charge in [0.15, 0.2) is 0 Å². The predicted molar refractivity (Wildman–Crippen MR) is 39.4 cm³/mol. The maximum atomic E-state index is 12.6. The van der Waals surface area contributed by atoms with Gasteiger partial charge in [-0.25, -0.2) is 9.18 Å². The summed E-state index contributed by atoms with van der Waals surface area (Å²) in [7, 11) is 1.64. The number of carboxylic acid groups (broad SMARTS) is 1. The van der Waals surface area contributed by atoms with E-state index in [0.717, 1.165) is 0 Å². The van der Waals surface area contributed by atoms with E-state index in [0.29, 0.717) is 5.69 Å². The summed E-state index contributed by atoms with van der Waals surface area (Å²) in [6.45, 7) is 0. The van der Waals surface area contributed by atoms with Crippen molar-refractivity contribution in [2.45, 2.75) is 12.6 Å². The first-order valence-corrected chi connectivity index (χ1v) is 3.45. The van der Waals surface area contributed by atoms with Gasteiger partial charge in [0.25, 0.3) is 0 Å². The van der Waals surface area contributed by atoms with Crippen LogP contribution in [0.4, 0.5) is 4.39 Å². The van der Waals surface area contributed by atoms with E-state index in [4.69, 9.17) is 5.11 Å². The van der Waals surface area contributed by atoms with Gasteiger partial charge in [-0.15, -0.1) is 0 Å². The molecule has 0 radical (unpaired) electrons. The highest BCUT2D eigenvalue weighted by Crippen LogP contribution is 2.04. The first-order valence-electron chi connectivity index (χ1n) is 3.45. The SMILES string of the molecule is Cn1nccc1CC(F)C(=O)O. The van der Waals surface area contributed by atoms with Crippen molar-refractivity contribution in [1.82, 2.24) is 9.78 Å². The number of carboxylic acids is 1. The monoisotopic (exact) mass is 172 g/mol. The number of hydrogen-bond donors (Lipinski definition) is 1. The smallest absolute Gasteiger partial charge is 0.338 e. The maximum absolute atomic E-state index is 12.6. The molecule has 0 aliphatic carbocycles. The molecule has 1 aromatic rings. The molecular weight excluding hydrogens is 163 g/mol. The van der Waals surface area contributed by atoms with Crippen LogP contribution in [0.15, 0.2) is 12.3 Å². The van der Waals surface area contributed by atoms with E-state index in [1.807, 2.05) is 0 Å². The van der Waals surface area contributed by atoms with E-state index in [-0.39, 0.29) is 6.42 Å². The number of aromatic nitrogens is 2. The Morgan fingerprint density at radius 2 is 2.58 bits per heavy atom. The molecule has 1 heterocycles. The topological polar surface area (TPSA) is 55.1 Å². The van der Waals surface area contributed by atoms with Gasteiger partial charge in [0.2, 0.25) is 6.17 Å². The molecule has 66 valence electrons. The van der Waals surface area contributed by atoms with Gasteiger partial charge in [0.1, 0.15) is 0 Å². The van der Waals surface area contributed by atoms with Crippen molar-refractivity contribution in [1.29, 1.82) is 0 Å². The molecule has 1 aromatic heterocycles. The molecule has 0 amide bonds. The second-order valence-corrected chi connectivity index (χ2v) is 2.46. The Bertz CT molecular complexity index is 285. The lowest BCUT2D eigenvalue weighted by molar-refractivity contribution is -0.142. The average Bonchev–Trinajstić information content (AvgIpc) is 2.36. The van der Waals surface area contributed by atoms with E-state index >= 15 is 0 Å². The van der Waals surface area contributed by atoms with Crippen LogP contribution >= 0.6 is 0 Å². The van der Waals surface area contributed by atoms with Gasteiger partial charge >= 0.3 is 5.97 Å². The van der Waals surface area contributed by atoms with Crippen LogP contribution in [0, 0.1) is 0 Å². The Kier molecular flexibility index (Phi) is 2.42. The van der Waals surface area contributed by atoms with E-state index in [1.165, 1.54) is 10.9 Å². The molecule has 0 saturated heterocycles. The first kappa shape index (κ1) is 8.70. The summed E-state index contributed by atoms with van der Waals surface area (Å²) in [5.41, 5.74) is 0.574. The molecule has 0 bridgehead atoms. The Morgan fingerprint density at radius 1 is 1.92 bits per heavy atom. The molecule has 0 aliphatic heterocycles. The number of halogens is 1. The van der Waals surface area contributed by atoms with Crippen molar-refractivity contribution in [2.75, 3.05) is 0 Å². The largest absolute Gasteiger partial charge is 0.479 e. The van der Waals surface area contributed by atoms with Crippen molar-refractivity contribution >= 4 is 5.97 Å². The zero-order chi connectivity index (χ0) is 9.14. The Hall–Kier alpha value is -1.39. The third kappa shape index (κ3) is 1.81. The van der Waals surface area contributed by atoms with Crippen LogP contribution in [0.1, 0.15) is 5.69 Å². The van der Waals surface area contributed by atoms with Crippen LogP contribution in [-0.2, 0) is 18.3 Å². The molecule has 1 N–H and O–H groups in total. The lowest BCUT2D eigenvalue weighted by Crippen LogP contribution is -2.18. The molecule has 0 fully saturated rings. The number of alkyl halides is 1. The van der Waals surface area contributed by atoms with Crippen molar-refractivity contribution in [3.63, 3.8) is 0 Å². The quantitative estimate of drug-likeness (QED) is 0.717. The number of nitrogens with zero attached hydrogens (tertiary/aromatic N) is 2. The lowest BCUT2D eigenvalue weighted by atomic mass is 10.2. The summed E-state index contributed by atoms with van der Waals surface area (Å²) in [6.07, 6.45) is -0.476. The number of hydrogen-bond acceptors (Lipinski definition) is 2.